The fourth-order valence-corrected chi connectivity index (χ4v) is 2.44. The first-order valence-corrected chi connectivity index (χ1v) is 7.15. The third kappa shape index (κ3) is 5.86. The minimum Gasteiger partial charge on any atom is -0.316 e. The molecule has 1 heterocycles. The Morgan fingerprint density at radius 3 is 2.88 bits per heavy atom. The van der Waals surface area contributed by atoms with E-state index >= 15 is 0 Å². The molecule has 0 aromatic heterocycles. The molecule has 1 aliphatic heterocycles. The maximum atomic E-state index is 3.56. The summed E-state index contributed by atoms with van der Waals surface area (Å²) >= 11 is 0. The Labute approximate surface area is 102 Å². The lowest BCUT2D eigenvalue weighted by Gasteiger charge is -2.33. The number of likely N-dealkylation sites (tertiary alicyclic amines) is 1. The van der Waals surface area contributed by atoms with Gasteiger partial charge in [-0.15, -0.1) is 0 Å². The summed E-state index contributed by atoms with van der Waals surface area (Å²) in [4.78, 5) is 2.67. The molecule has 0 aromatic carbocycles. The first kappa shape index (κ1) is 14.0. The molecule has 2 nitrogen and oxygen atoms in total. The van der Waals surface area contributed by atoms with E-state index in [9.17, 15) is 0 Å². The van der Waals surface area contributed by atoms with Gasteiger partial charge in [-0.25, -0.2) is 0 Å². The van der Waals surface area contributed by atoms with Crippen molar-refractivity contribution in [2.24, 2.45) is 11.8 Å². The Morgan fingerprint density at radius 1 is 1.38 bits per heavy atom. The summed E-state index contributed by atoms with van der Waals surface area (Å²) in [6.07, 6.45) is 5.43. The number of nitrogens with zero attached hydrogens (tertiary/aromatic N) is 1. The molecule has 1 aliphatic rings. The fourth-order valence-electron chi connectivity index (χ4n) is 2.44. The molecule has 0 bridgehead atoms. The van der Waals surface area contributed by atoms with Crippen molar-refractivity contribution in [2.45, 2.75) is 46.5 Å². The summed E-state index contributed by atoms with van der Waals surface area (Å²) in [6.45, 7) is 13.3. The molecule has 1 unspecified atom stereocenters. The second-order valence-electron chi connectivity index (χ2n) is 5.70. The molecule has 0 aliphatic carbocycles. The second-order valence-corrected chi connectivity index (χ2v) is 5.70. The molecule has 0 saturated carbocycles. The van der Waals surface area contributed by atoms with Crippen molar-refractivity contribution in [3.05, 3.63) is 0 Å². The van der Waals surface area contributed by atoms with Crippen molar-refractivity contribution in [2.75, 3.05) is 32.7 Å². The maximum absolute atomic E-state index is 3.56. The van der Waals surface area contributed by atoms with Gasteiger partial charge in [0.2, 0.25) is 0 Å². The molecule has 2 heteroatoms. The van der Waals surface area contributed by atoms with Crippen LogP contribution in [0.3, 0.4) is 0 Å². The summed E-state index contributed by atoms with van der Waals surface area (Å²) in [5, 5.41) is 3.56. The van der Waals surface area contributed by atoms with E-state index in [1.165, 1.54) is 58.4 Å². The van der Waals surface area contributed by atoms with Crippen LogP contribution in [0.25, 0.3) is 0 Å². The van der Waals surface area contributed by atoms with Crippen LogP contribution in [0.4, 0.5) is 0 Å². The topological polar surface area (TPSA) is 15.3 Å². The van der Waals surface area contributed by atoms with Gasteiger partial charge in [0.25, 0.3) is 0 Å². The van der Waals surface area contributed by atoms with E-state index < -0.39 is 0 Å². The van der Waals surface area contributed by atoms with Crippen LogP contribution in [0.2, 0.25) is 0 Å². The number of rotatable bonds is 7. The lowest BCUT2D eigenvalue weighted by Crippen LogP contribution is -2.40. The lowest BCUT2D eigenvalue weighted by molar-refractivity contribution is 0.165. The van der Waals surface area contributed by atoms with Crippen LogP contribution in [0.1, 0.15) is 46.5 Å². The standard InChI is InChI=1S/C14H30N2/c1-4-8-15-11-14-6-5-9-16(12-14)10-7-13(2)3/h13-15H,4-12H2,1-3H3. The van der Waals surface area contributed by atoms with Crippen LogP contribution in [0, 0.1) is 11.8 Å². The minimum atomic E-state index is 0.846. The largest absolute Gasteiger partial charge is 0.316 e. The Hall–Kier alpha value is -0.0800. The number of hydrogen-bond donors (Lipinski definition) is 1. The highest BCUT2D eigenvalue weighted by Gasteiger charge is 2.19. The Kier molecular flexibility index (Phi) is 7.06. The van der Waals surface area contributed by atoms with Crippen molar-refractivity contribution >= 4 is 0 Å². The van der Waals surface area contributed by atoms with E-state index in [1.54, 1.807) is 0 Å². The number of piperidine rings is 1. The SMILES string of the molecule is CCCNCC1CCCN(CCC(C)C)C1. The van der Waals surface area contributed by atoms with Gasteiger partial charge in [-0.3, -0.25) is 0 Å². The summed E-state index contributed by atoms with van der Waals surface area (Å²) < 4.78 is 0. The van der Waals surface area contributed by atoms with Gasteiger partial charge in [-0.2, -0.15) is 0 Å². The Morgan fingerprint density at radius 2 is 2.19 bits per heavy atom. The van der Waals surface area contributed by atoms with E-state index in [1.807, 2.05) is 0 Å². The smallest absolute Gasteiger partial charge is 0.00218 e. The van der Waals surface area contributed by atoms with Crippen LogP contribution < -0.4 is 5.32 Å². The molecule has 0 amide bonds. The van der Waals surface area contributed by atoms with Gasteiger partial charge in [0.05, 0.1) is 0 Å². The van der Waals surface area contributed by atoms with Gasteiger partial charge < -0.3 is 10.2 Å². The second kappa shape index (κ2) is 8.08. The molecule has 96 valence electrons. The van der Waals surface area contributed by atoms with E-state index in [2.05, 4.69) is 31.0 Å². The van der Waals surface area contributed by atoms with Crippen LogP contribution in [-0.4, -0.2) is 37.6 Å². The molecule has 1 rings (SSSR count). The minimum absolute atomic E-state index is 0.846. The summed E-state index contributed by atoms with van der Waals surface area (Å²) in [5.41, 5.74) is 0. The Bertz CT molecular complexity index is 168. The van der Waals surface area contributed by atoms with Crippen LogP contribution in [0.5, 0.6) is 0 Å². The van der Waals surface area contributed by atoms with E-state index in [0.29, 0.717) is 0 Å². The van der Waals surface area contributed by atoms with Gasteiger partial charge in [-0.05, 0) is 63.7 Å². The highest BCUT2D eigenvalue weighted by molar-refractivity contribution is 4.74. The van der Waals surface area contributed by atoms with E-state index in [4.69, 9.17) is 0 Å². The maximum Gasteiger partial charge on any atom is 0.00218 e. The molecule has 0 spiro atoms. The van der Waals surface area contributed by atoms with Crippen molar-refractivity contribution in [1.82, 2.24) is 10.2 Å². The molecule has 1 atom stereocenters. The first-order valence-electron chi connectivity index (χ1n) is 7.15. The molecule has 0 radical (unpaired) electrons. The summed E-state index contributed by atoms with van der Waals surface area (Å²) in [7, 11) is 0. The average Bonchev–Trinajstić information content (AvgIpc) is 2.27. The Balaban J connectivity index is 2.14. The van der Waals surface area contributed by atoms with Gasteiger partial charge in [0, 0.05) is 6.54 Å². The van der Waals surface area contributed by atoms with Gasteiger partial charge >= 0.3 is 0 Å². The molecule has 1 saturated heterocycles. The van der Waals surface area contributed by atoms with E-state index in [-0.39, 0.29) is 0 Å². The molecule has 1 fully saturated rings. The van der Waals surface area contributed by atoms with Crippen molar-refractivity contribution in [1.29, 1.82) is 0 Å². The van der Waals surface area contributed by atoms with Gasteiger partial charge in [0.1, 0.15) is 0 Å². The quantitative estimate of drug-likeness (QED) is 0.672. The molecular weight excluding hydrogens is 196 g/mol. The molecule has 0 aromatic rings. The normalized spacial score (nSPS) is 22.9. The predicted molar refractivity (Wildman–Crippen MR) is 71.8 cm³/mol. The third-order valence-corrected chi connectivity index (χ3v) is 3.49. The van der Waals surface area contributed by atoms with E-state index in [0.717, 1.165) is 11.8 Å². The van der Waals surface area contributed by atoms with Crippen LogP contribution in [-0.2, 0) is 0 Å². The van der Waals surface area contributed by atoms with Gasteiger partial charge in [-0.1, -0.05) is 20.8 Å². The van der Waals surface area contributed by atoms with Crippen LogP contribution >= 0.6 is 0 Å². The highest BCUT2D eigenvalue weighted by Crippen LogP contribution is 2.16. The zero-order valence-electron chi connectivity index (χ0n) is 11.5. The lowest BCUT2D eigenvalue weighted by atomic mass is 9.97. The molecule has 16 heavy (non-hydrogen) atoms. The van der Waals surface area contributed by atoms with Crippen molar-refractivity contribution in [3.8, 4) is 0 Å². The summed E-state index contributed by atoms with van der Waals surface area (Å²) in [6, 6.07) is 0. The van der Waals surface area contributed by atoms with Crippen molar-refractivity contribution in [3.63, 3.8) is 0 Å². The van der Waals surface area contributed by atoms with Crippen LogP contribution in [0.15, 0.2) is 0 Å². The summed E-state index contributed by atoms with van der Waals surface area (Å²) in [5.74, 6) is 1.74. The molecular formula is C14H30N2. The van der Waals surface area contributed by atoms with Gasteiger partial charge in [0.15, 0.2) is 0 Å². The first-order chi connectivity index (χ1) is 7.72. The molecule has 1 N–H and O–H groups in total. The van der Waals surface area contributed by atoms with Crippen molar-refractivity contribution < 1.29 is 0 Å². The predicted octanol–water partition coefficient (Wildman–Crippen LogP) is 2.74. The zero-order chi connectivity index (χ0) is 11.8. The number of nitrogens with one attached hydrogen (secondary N) is 1. The number of hydrogen-bond acceptors (Lipinski definition) is 2. The average molecular weight is 226 g/mol. The fraction of sp³-hybridized carbons (Fsp3) is 1.00. The highest BCUT2D eigenvalue weighted by atomic mass is 15.1. The monoisotopic (exact) mass is 226 g/mol. The third-order valence-electron chi connectivity index (χ3n) is 3.49. The zero-order valence-corrected chi connectivity index (χ0v) is 11.5.